The van der Waals surface area contributed by atoms with Crippen LogP contribution in [-0.2, 0) is 4.79 Å². The summed E-state index contributed by atoms with van der Waals surface area (Å²) in [6.07, 6.45) is 2.01. The van der Waals surface area contributed by atoms with Gasteiger partial charge >= 0.3 is 0 Å². The van der Waals surface area contributed by atoms with E-state index < -0.39 is 0 Å². The van der Waals surface area contributed by atoms with Crippen molar-refractivity contribution in [3.63, 3.8) is 0 Å². The van der Waals surface area contributed by atoms with Gasteiger partial charge in [0.2, 0.25) is 0 Å². The number of nitrogens with one attached hydrogen (secondary N) is 2. The molecule has 2 N–H and O–H groups in total. The Balaban J connectivity index is 1.51. The fraction of sp³-hybridized carbons (Fsp3) is 0.409. The second kappa shape index (κ2) is 9.77. The smallest absolute Gasteiger partial charge is 0.275 e. The molecule has 1 aliphatic heterocycles. The van der Waals surface area contributed by atoms with Gasteiger partial charge in [-0.25, -0.2) is 0 Å². The molecule has 144 valence electrons. The third-order valence-corrected chi connectivity index (χ3v) is 5.51. The van der Waals surface area contributed by atoms with E-state index in [1.165, 1.54) is 10.5 Å². The summed E-state index contributed by atoms with van der Waals surface area (Å²) in [7, 11) is 0. The number of carbonyl (C=O) groups is 1. The number of rotatable bonds is 7. The normalized spacial score (nSPS) is 16.1. The number of quaternary nitrogens is 1. The molecular formula is C22H29ClN3O+. The zero-order valence-corrected chi connectivity index (χ0v) is 16.7. The molecule has 0 saturated carbocycles. The summed E-state index contributed by atoms with van der Waals surface area (Å²) >= 11 is 6.31. The minimum atomic E-state index is 0.104. The molecule has 0 unspecified atom stereocenters. The maximum Gasteiger partial charge on any atom is 0.275 e. The number of nitrogens with zero attached hydrogens (tertiary/aromatic N) is 1. The molecule has 0 aliphatic carbocycles. The number of para-hydroxylation sites is 1. The number of halogens is 1. The average Bonchev–Trinajstić information content (AvgIpc) is 2.69. The minimum absolute atomic E-state index is 0.104. The van der Waals surface area contributed by atoms with Crippen LogP contribution >= 0.6 is 11.6 Å². The molecule has 0 spiro atoms. The minimum Gasteiger partial charge on any atom is -0.359 e. The lowest BCUT2D eigenvalue weighted by molar-refractivity contribution is -0.892. The van der Waals surface area contributed by atoms with Crippen molar-refractivity contribution < 1.29 is 9.69 Å². The zero-order chi connectivity index (χ0) is 19.1. The molecule has 2 aromatic carbocycles. The number of anilines is 1. The molecule has 4 nitrogen and oxygen atoms in total. The SMILES string of the molecule is CCC[C@@H](NC(=O)C[NH+]1CCN(c2ccccc2Cl)CC1)c1ccccc1. The predicted octanol–water partition coefficient (Wildman–Crippen LogP) is 2.70. The van der Waals surface area contributed by atoms with Crippen molar-refractivity contribution >= 4 is 23.2 Å². The molecular weight excluding hydrogens is 358 g/mol. The molecule has 1 amide bonds. The lowest BCUT2D eigenvalue weighted by Gasteiger charge is -2.34. The average molecular weight is 387 g/mol. The van der Waals surface area contributed by atoms with E-state index in [2.05, 4.69) is 35.3 Å². The Morgan fingerprint density at radius 3 is 2.44 bits per heavy atom. The Kier molecular flexibility index (Phi) is 7.13. The standard InChI is InChI=1S/C22H28ClN3O/c1-2-8-20(18-9-4-3-5-10-18)24-22(27)17-25-13-15-26(16-14-25)21-12-7-6-11-19(21)23/h3-7,9-12,20H,2,8,13-17H2,1H3,(H,24,27)/p+1/t20-/m1/s1. The molecule has 0 aromatic heterocycles. The summed E-state index contributed by atoms with van der Waals surface area (Å²) in [5, 5.41) is 4.03. The van der Waals surface area contributed by atoms with Crippen molar-refractivity contribution in [3.05, 3.63) is 65.2 Å². The first-order valence-corrected chi connectivity index (χ1v) is 10.2. The number of amides is 1. The van der Waals surface area contributed by atoms with Crippen molar-refractivity contribution in [2.45, 2.75) is 25.8 Å². The van der Waals surface area contributed by atoms with Gasteiger partial charge in [0.15, 0.2) is 6.54 Å². The molecule has 1 fully saturated rings. The topological polar surface area (TPSA) is 36.8 Å². The summed E-state index contributed by atoms with van der Waals surface area (Å²) in [5.41, 5.74) is 2.28. The van der Waals surface area contributed by atoms with E-state index in [0.29, 0.717) is 6.54 Å². The Morgan fingerprint density at radius 2 is 1.78 bits per heavy atom. The molecule has 2 aromatic rings. The predicted molar refractivity (Wildman–Crippen MR) is 111 cm³/mol. The molecule has 0 bridgehead atoms. The van der Waals surface area contributed by atoms with Gasteiger partial charge in [0.1, 0.15) is 0 Å². The zero-order valence-electron chi connectivity index (χ0n) is 16.0. The van der Waals surface area contributed by atoms with Crippen LogP contribution in [0.3, 0.4) is 0 Å². The van der Waals surface area contributed by atoms with Crippen molar-refractivity contribution in [2.75, 3.05) is 37.6 Å². The third kappa shape index (κ3) is 5.47. The van der Waals surface area contributed by atoms with Gasteiger partial charge in [0, 0.05) is 0 Å². The van der Waals surface area contributed by atoms with Crippen LogP contribution in [0.15, 0.2) is 54.6 Å². The highest BCUT2D eigenvalue weighted by Crippen LogP contribution is 2.24. The van der Waals surface area contributed by atoms with Gasteiger partial charge in [-0.3, -0.25) is 4.79 Å². The van der Waals surface area contributed by atoms with Gasteiger partial charge in [0.25, 0.3) is 5.91 Å². The quantitative estimate of drug-likeness (QED) is 0.767. The monoisotopic (exact) mass is 386 g/mol. The summed E-state index contributed by atoms with van der Waals surface area (Å²) in [6, 6.07) is 18.3. The van der Waals surface area contributed by atoms with Gasteiger partial charge < -0.3 is 15.1 Å². The number of carbonyl (C=O) groups excluding carboxylic acids is 1. The molecule has 0 radical (unpaired) electrons. The highest BCUT2D eigenvalue weighted by molar-refractivity contribution is 6.33. The van der Waals surface area contributed by atoms with Crippen LogP contribution in [0.5, 0.6) is 0 Å². The third-order valence-electron chi connectivity index (χ3n) is 5.19. The molecule has 3 rings (SSSR count). The van der Waals surface area contributed by atoms with E-state index in [0.717, 1.165) is 49.7 Å². The van der Waals surface area contributed by atoms with E-state index in [1.807, 2.05) is 36.4 Å². The second-order valence-corrected chi connectivity index (χ2v) is 7.59. The molecule has 5 heteroatoms. The first kappa shape index (κ1) is 19.7. The highest BCUT2D eigenvalue weighted by Gasteiger charge is 2.24. The van der Waals surface area contributed by atoms with Gasteiger partial charge in [-0.05, 0) is 24.1 Å². The van der Waals surface area contributed by atoms with Crippen molar-refractivity contribution in [2.24, 2.45) is 0 Å². The fourth-order valence-electron chi connectivity index (χ4n) is 3.72. The van der Waals surface area contributed by atoms with Crippen molar-refractivity contribution in [1.82, 2.24) is 5.32 Å². The Hall–Kier alpha value is -2.04. The lowest BCUT2D eigenvalue weighted by Crippen LogP contribution is -3.16. The van der Waals surface area contributed by atoms with Gasteiger partial charge in [-0.1, -0.05) is 67.4 Å². The Labute approximate surface area is 167 Å². The van der Waals surface area contributed by atoms with Crippen LogP contribution in [0.4, 0.5) is 5.69 Å². The molecule has 1 heterocycles. The summed E-state index contributed by atoms with van der Waals surface area (Å²) in [5.74, 6) is 0.137. The fourth-order valence-corrected chi connectivity index (χ4v) is 3.97. The van der Waals surface area contributed by atoms with E-state index in [1.54, 1.807) is 0 Å². The van der Waals surface area contributed by atoms with Gasteiger partial charge in [0.05, 0.1) is 42.9 Å². The number of hydrogen-bond donors (Lipinski definition) is 2. The Morgan fingerprint density at radius 1 is 1.11 bits per heavy atom. The van der Waals surface area contributed by atoms with Crippen LogP contribution in [-0.4, -0.2) is 38.6 Å². The molecule has 1 aliphatic rings. The van der Waals surface area contributed by atoms with Gasteiger partial charge in [-0.2, -0.15) is 0 Å². The first-order chi connectivity index (χ1) is 13.2. The number of benzene rings is 2. The first-order valence-electron chi connectivity index (χ1n) is 9.84. The second-order valence-electron chi connectivity index (χ2n) is 7.18. The van der Waals surface area contributed by atoms with E-state index >= 15 is 0 Å². The maximum absolute atomic E-state index is 12.6. The summed E-state index contributed by atoms with van der Waals surface area (Å²) in [4.78, 5) is 16.3. The van der Waals surface area contributed by atoms with Crippen LogP contribution < -0.4 is 15.1 Å². The van der Waals surface area contributed by atoms with E-state index in [-0.39, 0.29) is 11.9 Å². The largest absolute Gasteiger partial charge is 0.359 e. The van der Waals surface area contributed by atoms with E-state index in [9.17, 15) is 4.79 Å². The van der Waals surface area contributed by atoms with Crippen LogP contribution in [0.25, 0.3) is 0 Å². The molecule has 1 atom stereocenters. The van der Waals surface area contributed by atoms with Crippen LogP contribution in [0.2, 0.25) is 5.02 Å². The number of piperazine rings is 1. The van der Waals surface area contributed by atoms with Crippen LogP contribution in [0.1, 0.15) is 31.4 Å². The van der Waals surface area contributed by atoms with Crippen LogP contribution in [0, 0.1) is 0 Å². The van der Waals surface area contributed by atoms with Gasteiger partial charge in [-0.15, -0.1) is 0 Å². The summed E-state index contributed by atoms with van der Waals surface area (Å²) in [6.45, 7) is 6.42. The van der Waals surface area contributed by atoms with Crippen molar-refractivity contribution in [1.29, 1.82) is 0 Å². The Bertz CT molecular complexity index is 729. The van der Waals surface area contributed by atoms with E-state index in [4.69, 9.17) is 11.6 Å². The number of hydrogen-bond acceptors (Lipinski definition) is 2. The lowest BCUT2D eigenvalue weighted by atomic mass is 10.0. The molecule has 1 saturated heterocycles. The molecule has 27 heavy (non-hydrogen) atoms. The summed E-state index contributed by atoms with van der Waals surface area (Å²) < 4.78 is 0. The maximum atomic E-state index is 12.6. The van der Waals surface area contributed by atoms with Crippen molar-refractivity contribution in [3.8, 4) is 0 Å². The highest BCUT2D eigenvalue weighted by atomic mass is 35.5.